The van der Waals surface area contributed by atoms with Crippen LogP contribution in [0.15, 0.2) is 30.6 Å². The average Bonchev–Trinajstić information content (AvgIpc) is 3.05. The molecule has 6 nitrogen and oxygen atoms in total. The number of anilines is 2. The molecule has 1 saturated heterocycles. The molecule has 1 N–H and O–H groups in total. The van der Waals surface area contributed by atoms with Gasteiger partial charge in [-0.1, -0.05) is 11.6 Å². The van der Waals surface area contributed by atoms with Gasteiger partial charge in [-0.05, 0) is 49.9 Å². The quantitative estimate of drug-likeness (QED) is 0.721. The molecule has 1 aliphatic heterocycles. The molecule has 1 aromatic carbocycles. The zero-order valence-electron chi connectivity index (χ0n) is 13.4. The third kappa shape index (κ3) is 3.07. The molecule has 0 radical (unpaired) electrons. The van der Waals surface area contributed by atoms with Gasteiger partial charge in [0, 0.05) is 12.0 Å². The number of aromatic nitrogens is 4. The lowest BCUT2D eigenvalue weighted by molar-refractivity contribution is -0.0394. The maximum atomic E-state index is 6.05. The number of halogens is 1. The molecule has 3 aromatic rings. The molecule has 7 heteroatoms. The first-order chi connectivity index (χ1) is 11.7. The highest BCUT2D eigenvalue weighted by molar-refractivity contribution is 6.28. The lowest BCUT2D eigenvalue weighted by atomic mass is 10.1. The van der Waals surface area contributed by atoms with Crippen LogP contribution >= 0.6 is 11.6 Å². The minimum absolute atomic E-state index is 0.0160. The number of rotatable bonds is 3. The van der Waals surface area contributed by atoms with E-state index in [2.05, 4.69) is 20.4 Å². The Hall–Kier alpha value is -2.18. The van der Waals surface area contributed by atoms with E-state index in [4.69, 9.17) is 16.3 Å². The van der Waals surface area contributed by atoms with Crippen LogP contribution in [-0.2, 0) is 4.74 Å². The van der Waals surface area contributed by atoms with Crippen molar-refractivity contribution in [1.29, 1.82) is 0 Å². The molecule has 0 bridgehead atoms. The summed E-state index contributed by atoms with van der Waals surface area (Å²) in [5, 5.41) is 8.86. The Labute approximate surface area is 144 Å². The van der Waals surface area contributed by atoms with Crippen LogP contribution in [-0.4, -0.2) is 26.4 Å². The second kappa shape index (κ2) is 6.37. The van der Waals surface area contributed by atoms with Gasteiger partial charge >= 0.3 is 0 Å². The zero-order chi connectivity index (χ0) is 16.5. The van der Waals surface area contributed by atoms with E-state index in [0.717, 1.165) is 41.6 Å². The summed E-state index contributed by atoms with van der Waals surface area (Å²) in [5.41, 5.74) is 2.80. The van der Waals surface area contributed by atoms with E-state index in [1.807, 2.05) is 36.0 Å². The van der Waals surface area contributed by atoms with E-state index in [1.54, 1.807) is 6.20 Å². The Kier molecular flexibility index (Phi) is 4.08. The summed E-state index contributed by atoms with van der Waals surface area (Å²) in [4.78, 5) is 8.61. The number of hydrogen-bond donors (Lipinski definition) is 1. The van der Waals surface area contributed by atoms with Gasteiger partial charge in [0.2, 0.25) is 5.28 Å². The predicted molar refractivity (Wildman–Crippen MR) is 93.6 cm³/mol. The standard InChI is InChI=1S/C17H18ClN5O/c1-11-5-6-14-13(8-11)16(22-17(18)21-14)20-12-9-19-23(10-12)15-4-2-3-7-24-15/h5-6,8-10,15H,2-4,7H2,1H3,(H,20,21,22). The van der Waals surface area contributed by atoms with Crippen LogP contribution in [0.3, 0.4) is 0 Å². The maximum Gasteiger partial charge on any atom is 0.224 e. The fourth-order valence-electron chi connectivity index (χ4n) is 2.94. The summed E-state index contributed by atoms with van der Waals surface area (Å²) < 4.78 is 7.62. The third-order valence-electron chi connectivity index (χ3n) is 4.14. The van der Waals surface area contributed by atoms with Gasteiger partial charge in [-0.2, -0.15) is 10.1 Å². The monoisotopic (exact) mass is 343 g/mol. The number of nitrogens with one attached hydrogen (secondary N) is 1. The zero-order valence-corrected chi connectivity index (χ0v) is 14.1. The highest BCUT2D eigenvalue weighted by Gasteiger charge is 2.17. The minimum atomic E-state index is 0.0160. The lowest BCUT2D eigenvalue weighted by Gasteiger charge is -2.22. The highest BCUT2D eigenvalue weighted by Crippen LogP contribution is 2.27. The van der Waals surface area contributed by atoms with Gasteiger partial charge in [0.1, 0.15) is 12.0 Å². The van der Waals surface area contributed by atoms with E-state index in [9.17, 15) is 0 Å². The molecule has 24 heavy (non-hydrogen) atoms. The van der Waals surface area contributed by atoms with Crippen LogP contribution in [0.1, 0.15) is 31.1 Å². The van der Waals surface area contributed by atoms with Gasteiger partial charge in [0.05, 0.1) is 23.6 Å². The van der Waals surface area contributed by atoms with Crippen molar-refractivity contribution in [3.05, 3.63) is 41.4 Å². The Bertz CT molecular complexity index is 873. The fourth-order valence-corrected chi connectivity index (χ4v) is 3.11. The third-order valence-corrected chi connectivity index (χ3v) is 4.31. The molecule has 1 unspecified atom stereocenters. The minimum Gasteiger partial charge on any atom is -0.357 e. The molecule has 3 heterocycles. The van der Waals surface area contributed by atoms with Gasteiger partial charge in [0.25, 0.3) is 0 Å². The maximum absolute atomic E-state index is 6.05. The van der Waals surface area contributed by atoms with Crippen molar-refractivity contribution in [3.8, 4) is 0 Å². The van der Waals surface area contributed by atoms with Crippen molar-refractivity contribution < 1.29 is 4.74 Å². The Balaban J connectivity index is 1.64. The summed E-state index contributed by atoms with van der Waals surface area (Å²) in [6, 6.07) is 6.00. The van der Waals surface area contributed by atoms with E-state index in [1.165, 1.54) is 6.42 Å². The number of ether oxygens (including phenoxy) is 1. The molecule has 2 aromatic heterocycles. The fraction of sp³-hybridized carbons (Fsp3) is 0.353. The van der Waals surface area contributed by atoms with Crippen LogP contribution in [0.25, 0.3) is 10.9 Å². The summed E-state index contributed by atoms with van der Waals surface area (Å²) in [7, 11) is 0. The second-order valence-corrected chi connectivity index (χ2v) is 6.36. The van der Waals surface area contributed by atoms with E-state index in [-0.39, 0.29) is 11.5 Å². The number of aryl methyl sites for hydroxylation is 1. The molecule has 0 amide bonds. The van der Waals surface area contributed by atoms with Crippen LogP contribution in [0.4, 0.5) is 11.5 Å². The molecule has 4 rings (SSSR count). The van der Waals surface area contributed by atoms with Gasteiger partial charge < -0.3 is 10.1 Å². The molecular formula is C17H18ClN5O. The molecule has 0 spiro atoms. The van der Waals surface area contributed by atoms with Crippen LogP contribution < -0.4 is 5.32 Å². The molecule has 0 aliphatic carbocycles. The Morgan fingerprint density at radius 3 is 3.04 bits per heavy atom. The normalized spacial score (nSPS) is 18.0. The molecule has 1 aliphatic rings. The SMILES string of the molecule is Cc1ccc2nc(Cl)nc(Nc3cnn(C4CCCCO4)c3)c2c1. The van der Waals surface area contributed by atoms with Crippen molar-refractivity contribution in [2.75, 3.05) is 11.9 Å². The number of fused-ring (bicyclic) bond motifs is 1. The topological polar surface area (TPSA) is 64.9 Å². The summed E-state index contributed by atoms with van der Waals surface area (Å²) in [6.07, 6.45) is 7.00. The molecular weight excluding hydrogens is 326 g/mol. The summed E-state index contributed by atoms with van der Waals surface area (Å²) >= 11 is 6.05. The predicted octanol–water partition coefficient (Wildman–Crippen LogP) is 4.23. The van der Waals surface area contributed by atoms with Crippen LogP contribution in [0.2, 0.25) is 5.28 Å². The first-order valence-electron chi connectivity index (χ1n) is 8.06. The molecule has 1 fully saturated rings. The van der Waals surface area contributed by atoms with Crippen LogP contribution in [0, 0.1) is 6.92 Å². The van der Waals surface area contributed by atoms with Gasteiger partial charge in [-0.25, -0.2) is 9.67 Å². The van der Waals surface area contributed by atoms with Crippen molar-refractivity contribution in [1.82, 2.24) is 19.7 Å². The van der Waals surface area contributed by atoms with E-state index < -0.39 is 0 Å². The second-order valence-electron chi connectivity index (χ2n) is 6.02. The first-order valence-corrected chi connectivity index (χ1v) is 8.43. The number of hydrogen-bond acceptors (Lipinski definition) is 5. The first kappa shape index (κ1) is 15.4. The number of benzene rings is 1. The van der Waals surface area contributed by atoms with Gasteiger partial charge in [-0.15, -0.1) is 0 Å². The Morgan fingerprint density at radius 2 is 2.21 bits per heavy atom. The summed E-state index contributed by atoms with van der Waals surface area (Å²) in [5.74, 6) is 0.679. The Morgan fingerprint density at radius 1 is 1.29 bits per heavy atom. The lowest BCUT2D eigenvalue weighted by Crippen LogP contribution is -2.18. The number of nitrogens with zero attached hydrogens (tertiary/aromatic N) is 4. The molecule has 0 saturated carbocycles. The average molecular weight is 344 g/mol. The molecule has 124 valence electrons. The van der Waals surface area contributed by atoms with E-state index >= 15 is 0 Å². The summed E-state index contributed by atoms with van der Waals surface area (Å²) in [6.45, 7) is 2.83. The van der Waals surface area contributed by atoms with E-state index in [0.29, 0.717) is 5.82 Å². The van der Waals surface area contributed by atoms with Crippen molar-refractivity contribution in [2.45, 2.75) is 32.4 Å². The smallest absolute Gasteiger partial charge is 0.224 e. The van der Waals surface area contributed by atoms with Crippen LogP contribution in [0.5, 0.6) is 0 Å². The van der Waals surface area contributed by atoms with Gasteiger partial charge in [-0.3, -0.25) is 0 Å². The largest absolute Gasteiger partial charge is 0.357 e. The van der Waals surface area contributed by atoms with Crippen molar-refractivity contribution in [2.24, 2.45) is 0 Å². The van der Waals surface area contributed by atoms with Crippen molar-refractivity contribution >= 4 is 34.0 Å². The van der Waals surface area contributed by atoms with Gasteiger partial charge in [0.15, 0.2) is 0 Å². The highest BCUT2D eigenvalue weighted by atomic mass is 35.5. The molecule has 1 atom stereocenters. The van der Waals surface area contributed by atoms with Crippen molar-refractivity contribution in [3.63, 3.8) is 0 Å².